The van der Waals surface area contributed by atoms with Crippen LogP contribution in [-0.4, -0.2) is 16.5 Å². The second kappa shape index (κ2) is 7.01. The van der Waals surface area contributed by atoms with E-state index in [1.54, 1.807) is 6.07 Å². The maximum absolute atomic E-state index is 11.7. The summed E-state index contributed by atoms with van der Waals surface area (Å²) in [6.07, 6.45) is 1.72. The van der Waals surface area contributed by atoms with Crippen molar-refractivity contribution in [2.24, 2.45) is 0 Å². The Morgan fingerprint density at radius 2 is 2.00 bits per heavy atom. The van der Waals surface area contributed by atoms with Crippen molar-refractivity contribution in [1.82, 2.24) is 15.3 Å². The number of hydrogen-bond donors (Lipinski definition) is 2. The molecule has 106 valence electrons. The third-order valence-corrected chi connectivity index (χ3v) is 3.07. The smallest absolute Gasteiger partial charge is 0.251 e. The molecule has 0 atom stereocenters. The Hall–Kier alpha value is -1.94. The molecular formula is C16H21N3O. The lowest BCUT2D eigenvalue weighted by Crippen LogP contribution is -2.19. The van der Waals surface area contributed by atoms with E-state index in [-0.39, 0.29) is 5.56 Å². The Balaban J connectivity index is 2.11. The number of hydrogen-bond acceptors (Lipinski definition) is 3. The summed E-state index contributed by atoms with van der Waals surface area (Å²) in [4.78, 5) is 19.0. The minimum atomic E-state index is -0.0876. The number of aromatic amines is 1. The van der Waals surface area contributed by atoms with Gasteiger partial charge in [-0.25, -0.2) is 4.98 Å². The molecule has 0 unspecified atom stereocenters. The molecule has 0 bridgehead atoms. The molecule has 0 aliphatic rings. The molecule has 1 aromatic heterocycles. The van der Waals surface area contributed by atoms with E-state index in [4.69, 9.17) is 0 Å². The van der Waals surface area contributed by atoms with Gasteiger partial charge in [0.1, 0.15) is 5.82 Å². The zero-order valence-corrected chi connectivity index (χ0v) is 12.1. The van der Waals surface area contributed by atoms with Gasteiger partial charge in [0, 0.05) is 19.0 Å². The first-order chi connectivity index (χ1) is 9.67. The van der Waals surface area contributed by atoms with Crippen molar-refractivity contribution in [3.05, 3.63) is 63.3 Å². The van der Waals surface area contributed by atoms with Crippen LogP contribution in [0.5, 0.6) is 0 Å². The number of nitrogens with one attached hydrogen (secondary N) is 2. The lowest BCUT2D eigenvalue weighted by Gasteiger charge is -2.06. The molecule has 0 spiro atoms. The van der Waals surface area contributed by atoms with Crippen LogP contribution in [0, 0.1) is 6.92 Å². The van der Waals surface area contributed by atoms with Crippen LogP contribution in [0.1, 0.15) is 36.0 Å². The number of rotatable bonds is 6. The Labute approximate surface area is 119 Å². The third-order valence-electron chi connectivity index (χ3n) is 3.07. The lowest BCUT2D eigenvalue weighted by atomic mass is 10.1. The first kappa shape index (κ1) is 14.5. The molecule has 2 rings (SSSR count). The van der Waals surface area contributed by atoms with Gasteiger partial charge in [-0.05, 0) is 25.5 Å². The Morgan fingerprint density at radius 1 is 1.25 bits per heavy atom. The third kappa shape index (κ3) is 4.31. The fraction of sp³-hybridized carbons (Fsp3) is 0.375. The summed E-state index contributed by atoms with van der Waals surface area (Å²) in [5.41, 5.74) is 3.09. The van der Waals surface area contributed by atoms with Gasteiger partial charge in [-0.2, -0.15) is 0 Å². The molecule has 2 aromatic rings. The van der Waals surface area contributed by atoms with Gasteiger partial charge < -0.3 is 10.3 Å². The largest absolute Gasteiger partial charge is 0.311 e. The SMILES string of the molecule is CCCNCc1cc(=O)[nH]c(Cc2ccc(C)cc2)n1. The monoisotopic (exact) mass is 271 g/mol. The fourth-order valence-corrected chi connectivity index (χ4v) is 2.03. The normalized spacial score (nSPS) is 10.7. The summed E-state index contributed by atoms with van der Waals surface area (Å²) in [5.74, 6) is 0.717. The summed E-state index contributed by atoms with van der Waals surface area (Å²) < 4.78 is 0. The van der Waals surface area contributed by atoms with E-state index in [1.165, 1.54) is 5.56 Å². The molecule has 4 heteroatoms. The van der Waals surface area contributed by atoms with Crippen LogP contribution >= 0.6 is 0 Å². The van der Waals surface area contributed by atoms with Gasteiger partial charge in [0.05, 0.1) is 5.69 Å². The van der Waals surface area contributed by atoms with Crippen molar-refractivity contribution >= 4 is 0 Å². The maximum atomic E-state index is 11.7. The number of aromatic nitrogens is 2. The van der Waals surface area contributed by atoms with Crippen LogP contribution in [-0.2, 0) is 13.0 Å². The van der Waals surface area contributed by atoms with Crippen molar-refractivity contribution in [3.63, 3.8) is 0 Å². The van der Waals surface area contributed by atoms with Gasteiger partial charge in [0.15, 0.2) is 0 Å². The van der Waals surface area contributed by atoms with E-state index >= 15 is 0 Å². The number of aryl methyl sites for hydroxylation is 1. The molecule has 2 N–H and O–H groups in total. The molecule has 0 radical (unpaired) electrons. The highest BCUT2D eigenvalue weighted by Crippen LogP contribution is 2.07. The van der Waals surface area contributed by atoms with Crippen LogP contribution in [0.15, 0.2) is 35.1 Å². The van der Waals surface area contributed by atoms with Gasteiger partial charge in [0.25, 0.3) is 5.56 Å². The fourth-order valence-electron chi connectivity index (χ4n) is 2.03. The van der Waals surface area contributed by atoms with Crippen LogP contribution in [0.2, 0.25) is 0 Å². The molecule has 0 fully saturated rings. The average Bonchev–Trinajstić information content (AvgIpc) is 2.41. The highest BCUT2D eigenvalue weighted by molar-refractivity contribution is 5.24. The highest BCUT2D eigenvalue weighted by Gasteiger charge is 2.03. The van der Waals surface area contributed by atoms with Crippen LogP contribution in [0.3, 0.4) is 0 Å². The quantitative estimate of drug-likeness (QED) is 0.792. The molecule has 0 aliphatic carbocycles. The molecule has 0 amide bonds. The Kier molecular flexibility index (Phi) is 5.07. The second-order valence-corrected chi connectivity index (χ2v) is 5.02. The molecule has 4 nitrogen and oxygen atoms in total. The van der Waals surface area contributed by atoms with Gasteiger partial charge in [-0.3, -0.25) is 4.79 Å². The minimum absolute atomic E-state index is 0.0876. The summed E-state index contributed by atoms with van der Waals surface area (Å²) in [6, 6.07) is 9.83. The van der Waals surface area contributed by atoms with E-state index in [0.29, 0.717) is 13.0 Å². The van der Waals surface area contributed by atoms with Crippen molar-refractivity contribution in [2.75, 3.05) is 6.54 Å². The molecule has 0 aliphatic heterocycles. The molecule has 1 aromatic carbocycles. The predicted molar refractivity (Wildman–Crippen MR) is 80.8 cm³/mol. The minimum Gasteiger partial charge on any atom is -0.311 e. The summed E-state index contributed by atoms with van der Waals surface area (Å²) >= 11 is 0. The van der Waals surface area contributed by atoms with Gasteiger partial charge >= 0.3 is 0 Å². The van der Waals surface area contributed by atoms with Crippen molar-refractivity contribution in [2.45, 2.75) is 33.2 Å². The molecule has 1 heterocycles. The topological polar surface area (TPSA) is 57.8 Å². The van der Waals surface area contributed by atoms with Crippen molar-refractivity contribution in [1.29, 1.82) is 0 Å². The van der Waals surface area contributed by atoms with E-state index in [1.807, 2.05) is 0 Å². The predicted octanol–water partition coefficient (Wildman–Crippen LogP) is 2.17. The van der Waals surface area contributed by atoms with Crippen LogP contribution < -0.4 is 10.9 Å². The standard InChI is InChI=1S/C16H21N3O/c1-3-8-17-11-14-10-16(20)19-15(18-14)9-13-6-4-12(2)5-7-13/h4-7,10,17H,3,8-9,11H2,1-2H3,(H,18,19,20). The molecule has 0 saturated heterocycles. The van der Waals surface area contributed by atoms with E-state index in [0.717, 1.165) is 30.0 Å². The second-order valence-electron chi connectivity index (χ2n) is 5.02. The average molecular weight is 271 g/mol. The summed E-state index contributed by atoms with van der Waals surface area (Å²) in [6.45, 7) is 5.74. The van der Waals surface area contributed by atoms with Gasteiger partial charge in [0.2, 0.25) is 0 Å². The number of benzene rings is 1. The van der Waals surface area contributed by atoms with Crippen LogP contribution in [0.4, 0.5) is 0 Å². The first-order valence-electron chi connectivity index (χ1n) is 7.02. The first-order valence-corrected chi connectivity index (χ1v) is 7.02. The van der Waals surface area contributed by atoms with E-state index in [9.17, 15) is 4.79 Å². The number of H-pyrrole nitrogens is 1. The van der Waals surface area contributed by atoms with E-state index < -0.39 is 0 Å². The summed E-state index contributed by atoms with van der Waals surface area (Å²) in [7, 11) is 0. The lowest BCUT2D eigenvalue weighted by molar-refractivity contribution is 0.658. The number of nitrogens with zero attached hydrogens (tertiary/aromatic N) is 1. The van der Waals surface area contributed by atoms with Gasteiger partial charge in [-0.1, -0.05) is 36.8 Å². The molecular weight excluding hydrogens is 250 g/mol. The molecule has 20 heavy (non-hydrogen) atoms. The molecule has 0 saturated carbocycles. The Bertz CT molecular complexity index is 602. The summed E-state index contributed by atoms with van der Waals surface area (Å²) in [5, 5.41) is 3.26. The Morgan fingerprint density at radius 3 is 2.70 bits per heavy atom. The van der Waals surface area contributed by atoms with Crippen molar-refractivity contribution < 1.29 is 0 Å². The zero-order valence-electron chi connectivity index (χ0n) is 12.1. The van der Waals surface area contributed by atoms with Crippen LogP contribution in [0.25, 0.3) is 0 Å². The van der Waals surface area contributed by atoms with Crippen molar-refractivity contribution in [3.8, 4) is 0 Å². The maximum Gasteiger partial charge on any atom is 0.251 e. The zero-order chi connectivity index (χ0) is 14.4. The van der Waals surface area contributed by atoms with Gasteiger partial charge in [-0.15, -0.1) is 0 Å². The van der Waals surface area contributed by atoms with E-state index in [2.05, 4.69) is 53.4 Å². The highest BCUT2D eigenvalue weighted by atomic mass is 16.1.